The van der Waals surface area contributed by atoms with Gasteiger partial charge in [-0.3, -0.25) is 14.6 Å². The highest BCUT2D eigenvalue weighted by atomic mass is 16.5. The van der Waals surface area contributed by atoms with Crippen molar-refractivity contribution in [1.82, 2.24) is 10.3 Å². The van der Waals surface area contributed by atoms with Gasteiger partial charge < -0.3 is 20.3 Å². The number of hydrogen-bond donors (Lipinski definition) is 2. The van der Waals surface area contributed by atoms with Crippen molar-refractivity contribution in [2.45, 2.75) is 0 Å². The molecule has 3 aromatic carbocycles. The van der Waals surface area contributed by atoms with Gasteiger partial charge in [-0.15, -0.1) is 0 Å². The van der Waals surface area contributed by atoms with Crippen LogP contribution in [-0.4, -0.2) is 37.9 Å². The number of aromatic nitrogens is 1. The lowest BCUT2D eigenvalue weighted by Gasteiger charge is -2.14. The predicted molar refractivity (Wildman–Crippen MR) is 130 cm³/mol. The van der Waals surface area contributed by atoms with E-state index in [1.165, 1.54) is 6.20 Å². The Balaban J connectivity index is 1.58. The van der Waals surface area contributed by atoms with Gasteiger partial charge in [-0.1, -0.05) is 18.2 Å². The van der Waals surface area contributed by atoms with E-state index in [1.54, 1.807) is 31.3 Å². The summed E-state index contributed by atoms with van der Waals surface area (Å²) in [6.45, 7) is 0. The van der Waals surface area contributed by atoms with Gasteiger partial charge in [-0.2, -0.15) is 0 Å². The molecule has 0 bridgehead atoms. The molecule has 2 N–H and O–H groups in total. The first kappa shape index (κ1) is 21.8. The van der Waals surface area contributed by atoms with Crippen LogP contribution in [0.4, 0.5) is 11.4 Å². The zero-order valence-corrected chi connectivity index (χ0v) is 18.6. The van der Waals surface area contributed by atoms with Crippen LogP contribution in [0.15, 0.2) is 79.0 Å². The van der Waals surface area contributed by atoms with Crippen molar-refractivity contribution in [3.8, 4) is 11.5 Å². The molecular formula is C26H24N4O3. The van der Waals surface area contributed by atoms with E-state index < -0.39 is 0 Å². The Bertz CT molecular complexity index is 1330. The monoisotopic (exact) mass is 440 g/mol. The molecule has 33 heavy (non-hydrogen) atoms. The Morgan fingerprint density at radius 3 is 2.45 bits per heavy atom. The minimum atomic E-state index is -0.286. The van der Waals surface area contributed by atoms with Gasteiger partial charge >= 0.3 is 0 Å². The lowest BCUT2D eigenvalue weighted by Crippen LogP contribution is -2.18. The van der Waals surface area contributed by atoms with Crippen LogP contribution in [0.25, 0.3) is 10.8 Å². The van der Waals surface area contributed by atoms with E-state index >= 15 is 0 Å². The Morgan fingerprint density at radius 1 is 0.879 bits per heavy atom. The van der Waals surface area contributed by atoms with Crippen LogP contribution < -0.4 is 20.3 Å². The summed E-state index contributed by atoms with van der Waals surface area (Å²) in [6, 6.07) is 22.0. The molecule has 4 rings (SSSR count). The van der Waals surface area contributed by atoms with Gasteiger partial charge in [0.05, 0.1) is 0 Å². The normalized spacial score (nSPS) is 10.5. The van der Waals surface area contributed by atoms with Gasteiger partial charge in [0.25, 0.3) is 11.8 Å². The molecule has 0 spiro atoms. The molecule has 0 saturated carbocycles. The largest absolute Gasteiger partial charge is 0.457 e. The summed E-state index contributed by atoms with van der Waals surface area (Å²) in [6.07, 6.45) is 1.52. The third kappa shape index (κ3) is 4.93. The second kappa shape index (κ2) is 9.40. The molecule has 7 nitrogen and oxygen atoms in total. The molecular weight excluding hydrogens is 416 g/mol. The molecule has 0 radical (unpaired) electrons. The quantitative estimate of drug-likeness (QED) is 0.454. The number of rotatable bonds is 6. The number of carbonyl (C=O) groups excluding carboxylic acids is 2. The van der Waals surface area contributed by atoms with Crippen molar-refractivity contribution in [3.05, 3.63) is 90.3 Å². The molecule has 0 atom stereocenters. The van der Waals surface area contributed by atoms with Crippen molar-refractivity contribution in [2.75, 3.05) is 31.4 Å². The number of benzene rings is 3. The van der Waals surface area contributed by atoms with E-state index in [2.05, 4.69) is 15.6 Å². The van der Waals surface area contributed by atoms with Crippen molar-refractivity contribution in [2.24, 2.45) is 0 Å². The molecule has 0 aliphatic heterocycles. The lowest BCUT2D eigenvalue weighted by molar-refractivity contribution is 0.0957. The van der Waals surface area contributed by atoms with E-state index in [0.29, 0.717) is 17.1 Å². The van der Waals surface area contributed by atoms with Gasteiger partial charge in [0, 0.05) is 50.3 Å². The molecule has 2 amide bonds. The Morgan fingerprint density at radius 2 is 1.67 bits per heavy atom. The first-order chi connectivity index (χ1) is 15.9. The zero-order valence-electron chi connectivity index (χ0n) is 18.6. The van der Waals surface area contributed by atoms with E-state index in [9.17, 15) is 9.59 Å². The fraction of sp³-hybridized carbons (Fsp3) is 0.115. The molecule has 0 unspecified atom stereocenters. The Kier molecular flexibility index (Phi) is 6.22. The second-order valence-electron chi connectivity index (χ2n) is 7.65. The summed E-state index contributed by atoms with van der Waals surface area (Å²) in [5, 5.41) is 7.20. The average molecular weight is 441 g/mol. The van der Waals surface area contributed by atoms with Gasteiger partial charge in [0.15, 0.2) is 0 Å². The summed E-state index contributed by atoms with van der Waals surface area (Å²) < 4.78 is 5.93. The van der Waals surface area contributed by atoms with Crippen LogP contribution in [0.3, 0.4) is 0 Å². The number of nitrogens with one attached hydrogen (secondary N) is 2. The van der Waals surface area contributed by atoms with E-state index in [1.807, 2.05) is 67.5 Å². The van der Waals surface area contributed by atoms with Crippen LogP contribution in [0.5, 0.6) is 11.5 Å². The molecule has 4 aromatic rings. The maximum atomic E-state index is 13.0. The maximum absolute atomic E-state index is 13.0. The minimum absolute atomic E-state index is 0.186. The molecule has 0 aliphatic rings. The van der Waals surface area contributed by atoms with Crippen molar-refractivity contribution in [1.29, 1.82) is 0 Å². The number of pyridine rings is 1. The maximum Gasteiger partial charge on any atom is 0.269 e. The molecule has 0 fully saturated rings. The molecule has 166 valence electrons. The average Bonchev–Trinajstić information content (AvgIpc) is 2.83. The van der Waals surface area contributed by atoms with Gasteiger partial charge in [-0.05, 0) is 59.3 Å². The van der Waals surface area contributed by atoms with Gasteiger partial charge in [-0.25, -0.2) is 0 Å². The van der Waals surface area contributed by atoms with Crippen LogP contribution >= 0.6 is 0 Å². The van der Waals surface area contributed by atoms with Crippen LogP contribution in [0, 0.1) is 0 Å². The highest BCUT2D eigenvalue weighted by Gasteiger charge is 2.12. The van der Waals surface area contributed by atoms with E-state index in [-0.39, 0.29) is 17.5 Å². The van der Waals surface area contributed by atoms with E-state index in [0.717, 1.165) is 22.1 Å². The lowest BCUT2D eigenvalue weighted by atomic mass is 10.0. The summed E-state index contributed by atoms with van der Waals surface area (Å²) >= 11 is 0. The Hall–Kier alpha value is -4.39. The minimum Gasteiger partial charge on any atom is -0.457 e. The number of anilines is 2. The van der Waals surface area contributed by atoms with Crippen molar-refractivity contribution >= 4 is 34.0 Å². The van der Waals surface area contributed by atoms with Crippen LogP contribution in [-0.2, 0) is 0 Å². The fourth-order valence-electron chi connectivity index (χ4n) is 3.45. The number of ether oxygens (including phenoxy) is 1. The highest BCUT2D eigenvalue weighted by molar-refractivity contribution is 6.13. The van der Waals surface area contributed by atoms with Crippen molar-refractivity contribution in [3.63, 3.8) is 0 Å². The highest BCUT2D eigenvalue weighted by Crippen LogP contribution is 2.28. The first-order valence-electron chi connectivity index (χ1n) is 10.4. The molecule has 1 aromatic heterocycles. The Labute approximate surface area is 192 Å². The molecule has 7 heteroatoms. The van der Waals surface area contributed by atoms with Crippen molar-refractivity contribution < 1.29 is 14.3 Å². The standard InChI is InChI=1S/C26H24N4O3/c1-27-26(32)24-16-21(12-13-28-24)33-20-10-11-22-17(14-20)6-4-9-23(22)25(31)29-18-7-5-8-19(15-18)30(2)3/h4-16H,1-3H3,(H,27,32)(H,29,31). The topological polar surface area (TPSA) is 83.6 Å². The molecule has 0 saturated heterocycles. The number of hydrogen-bond acceptors (Lipinski definition) is 5. The number of carbonyl (C=O) groups is 2. The predicted octanol–water partition coefficient (Wildman–Crippen LogP) is 4.71. The molecule has 1 heterocycles. The summed E-state index contributed by atoms with van der Waals surface area (Å²) in [5.74, 6) is 0.616. The number of amides is 2. The summed E-state index contributed by atoms with van der Waals surface area (Å²) in [5.41, 5.74) is 2.57. The van der Waals surface area contributed by atoms with Gasteiger partial charge in [0.1, 0.15) is 17.2 Å². The van der Waals surface area contributed by atoms with E-state index in [4.69, 9.17) is 4.74 Å². The third-order valence-corrected chi connectivity index (χ3v) is 5.14. The van der Waals surface area contributed by atoms with Crippen LogP contribution in [0.1, 0.15) is 20.8 Å². The van der Waals surface area contributed by atoms with Gasteiger partial charge in [0.2, 0.25) is 0 Å². The zero-order chi connectivity index (χ0) is 23.4. The first-order valence-corrected chi connectivity index (χ1v) is 10.4. The number of fused-ring (bicyclic) bond motifs is 1. The number of nitrogens with zero attached hydrogens (tertiary/aromatic N) is 2. The fourth-order valence-corrected chi connectivity index (χ4v) is 3.45. The third-order valence-electron chi connectivity index (χ3n) is 5.14. The molecule has 0 aliphatic carbocycles. The SMILES string of the molecule is CNC(=O)c1cc(Oc2ccc3c(C(=O)Nc4cccc(N(C)C)c4)cccc3c2)ccn1. The summed E-state index contributed by atoms with van der Waals surface area (Å²) in [7, 11) is 5.46. The summed E-state index contributed by atoms with van der Waals surface area (Å²) in [4.78, 5) is 30.8. The smallest absolute Gasteiger partial charge is 0.269 e. The van der Waals surface area contributed by atoms with Crippen LogP contribution in [0.2, 0.25) is 0 Å². The second-order valence-corrected chi connectivity index (χ2v) is 7.65.